The summed E-state index contributed by atoms with van der Waals surface area (Å²) < 4.78 is 102. The van der Waals surface area contributed by atoms with Crippen LogP contribution in [0, 0.1) is 0 Å². The average molecular weight is 345 g/mol. The second-order valence-electron chi connectivity index (χ2n) is 4.49. The lowest BCUT2D eigenvalue weighted by atomic mass is 10.1. The first-order valence-corrected chi connectivity index (χ1v) is 7.81. The normalized spacial score (nSPS) is 13.9. The largest absolute Gasteiger partial charge is 0.467 e. The van der Waals surface area contributed by atoms with Gasteiger partial charge in [-0.25, -0.2) is 0 Å². The second-order valence-corrected chi connectivity index (χ2v) is 6.07. The summed E-state index contributed by atoms with van der Waals surface area (Å²) >= 11 is 0. The van der Waals surface area contributed by atoms with Crippen molar-refractivity contribution in [2.75, 3.05) is 12.3 Å². The van der Waals surface area contributed by atoms with Gasteiger partial charge in [0.25, 0.3) is 10.1 Å². The minimum absolute atomic E-state index is 0.175. The van der Waals surface area contributed by atoms with E-state index in [0.717, 1.165) is 0 Å². The van der Waals surface area contributed by atoms with Crippen LogP contribution >= 0.6 is 0 Å². The van der Waals surface area contributed by atoms with E-state index in [1.807, 2.05) is 0 Å². The van der Waals surface area contributed by atoms with Gasteiger partial charge in [-0.05, 0) is 12.8 Å². The third-order valence-corrected chi connectivity index (χ3v) is 3.45. The van der Waals surface area contributed by atoms with Crippen molar-refractivity contribution in [2.24, 2.45) is 0 Å². The minimum atomic E-state index is -5.45. The number of hydrogen-bond acceptors (Lipinski definition) is 3. The highest BCUT2D eigenvalue weighted by Crippen LogP contribution is 2.33. The van der Waals surface area contributed by atoms with E-state index < -0.39 is 39.9 Å². The predicted molar refractivity (Wildman–Crippen MR) is 62.9 cm³/mol. The molecule has 11 heteroatoms. The van der Waals surface area contributed by atoms with Crippen LogP contribution in [0.2, 0.25) is 0 Å². The molecule has 21 heavy (non-hydrogen) atoms. The minimum Gasteiger partial charge on any atom is -0.286 e. The van der Waals surface area contributed by atoms with Gasteiger partial charge in [0.2, 0.25) is 0 Å². The lowest BCUT2D eigenvalue weighted by Crippen LogP contribution is -2.48. The molecule has 0 bridgehead atoms. The third kappa shape index (κ3) is 10.8. The molecule has 0 saturated heterocycles. The lowest BCUT2D eigenvalue weighted by Gasteiger charge is -2.26. The van der Waals surface area contributed by atoms with Crippen LogP contribution in [0.4, 0.5) is 26.3 Å². The smallest absolute Gasteiger partial charge is 0.286 e. The summed E-state index contributed by atoms with van der Waals surface area (Å²) in [5.41, 5.74) is 0. The fraction of sp³-hybridized carbons (Fsp3) is 1.00. The van der Waals surface area contributed by atoms with Crippen molar-refractivity contribution in [1.29, 1.82) is 0 Å². The van der Waals surface area contributed by atoms with Crippen LogP contribution in [0.1, 0.15) is 38.5 Å². The monoisotopic (exact) mass is 345 g/mol. The molecule has 0 aliphatic rings. The van der Waals surface area contributed by atoms with Crippen molar-refractivity contribution in [1.82, 2.24) is 4.90 Å². The summed E-state index contributed by atoms with van der Waals surface area (Å²) in [5, 5.41) is 0. The lowest BCUT2D eigenvalue weighted by molar-refractivity contribution is -0.372. The number of halogens is 6. The number of nitrogens with zero attached hydrogens (tertiary/aromatic N) is 1. The fourth-order valence-corrected chi connectivity index (χ4v) is 2.23. The first kappa shape index (κ1) is 20.5. The van der Waals surface area contributed by atoms with Crippen LogP contribution in [0.15, 0.2) is 0 Å². The van der Waals surface area contributed by atoms with Crippen LogP contribution < -0.4 is 0 Å². The Morgan fingerprint density at radius 2 is 1.14 bits per heavy atom. The van der Waals surface area contributed by atoms with E-state index in [1.54, 1.807) is 0 Å². The van der Waals surface area contributed by atoms with E-state index in [-0.39, 0.29) is 19.3 Å². The molecule has 4 nitrogen and oxygen atoms in total. The van der Waals surface area contributed by atoms with Crippen molar-refractivity contribution < 1.29 is 39.3 Å². The quantitative estimate of drug-likeness (QED) is 0.300. The van der Waals surface area contributed by atoms with E-state index >= 15 is 0 Å². The highest BCUT2D eigenvalue weighted by Gasteiger charge is 2.53. The van der Waals surface area contributed by atoms with Crippen LogP contribution in [0.5, 0.6) is 0 Å². The Bertz CT molecular complexity index is 379. The Morgan fingerprint density at radius 1 is 0.762 bits per heavy atom. The first-order chi connectivity index (χ1) is 9.34. The SMILES string of the molecule is O=S(=O)(O)CCCCCCCCN(C(F)(F)F)C(F)(F)F. The number of hydrogen-bond donors (Lipinski definition) is 1. The molecular weight excluding hydrogens is 328 g/mol. The van der Waals surface area contributed by atoms with Gasteiger partial charge in [-0.2, -0.15) is 34.8 Å². The average Bonchev–Trinajstić information content (AvgIpc) is 2.21. The van der Waals surface area contributed by atoms with Crippen molar-refractivity contribution >= 4 is 10.1 Å². The highest BCUT2D eigenvalue weighted by atomic mass is 32.2. The Balaban J connectivity index is 3.83. The zero-order valence-electron chi connectivity index (χ0n) is 11.0. The van der Waals surface area contributed by atoms with Gasteiger partial charge in [0.05, 0.1) is 5.75 Å². The van der Waals surface area contributed by atoms with Gasteiger partial charge >= 0.3 is 12.6 Å². The molecule has 0 rings (SSSR count). The van der Waals surface area contributed by atoms with Crippen LogP contribution in [-0.4, -0.2) is 42.8 Å². The van der Waals surface area contributed by atoms with E-state index in [9.17, 15) is 34.8 Å². The predicted octanol–water partition coefficient (Wildman–Crippen LogP) is 3.56. The first-order valence-electron chi connectivity index (χ1n) is 6.20. The van der Waals surface area contributed by atoms with Gasteiger partial charge in [-0.1, -0.05) is 25.7 Å². The summed E-state index contributed by atoms with van der Waals surface area (Å²) in [5.74, 6) is -0.400. The van der Waals surface area contributed by atoms with E-state index in [0.29, 0.717) is 19.3 Å². The zero-order valence-corrected chi connectivity index (χ0v) is 11.9. The fourth-order valence-electron chi connectivity index (χ4n) is 1.66. The maximum Gasteiger partial charge on any atom is 0.467 e. The van der Waals surface area contributed by atoms with Gasteiger partial charge in [0.1, 0.15) is 0 Å². The molecule has 1 N–H and O–H groups in total. The van der Waals surface area contributed by atoms with Crippen molar-refractivity contribution in [2.45, 2.75) is 51.1 Å². The van der Waals surface area contributed by atoms with Crippen LogP contribution in [0.3, 0.4) is 0 Å². The topological polar surface area (TPSA) is 57.6 Å². The number of rotatable bonds is 9. The molecule has 0 aliphatic carbocycles. The molecule has 0 heterocycles. The van der Waals surface area contributed by atoms with Gasteiger partial charge in [0, 0.05) is 6.54 Å². The summed E-state index contributed by atoms with van der Waals surface area (Å²) in [4.78, 5) is -1.46. The second kappa shape index (κ2) is 8.18. The Hall–Kier alpha value is -0.550. The van der Waals surface area contributed by atoms with Crippen molar-refractivity contribution in [3.63, 3.8) is 0 Å². The zero-order chi connectivity index (χ0) is 16.7. The third-order valence-electron chi connectivity index (χ3n) is 2.65. The molecule has 0 aromatic heterocycles. The molecular formula is C10H17F6NO3S. The molecule has 0 radical (unpaired) electrons. The van der Waals surface area contributed by atoms with Gasteiger partial charge < -0.3 is 0 Å². The molecule has 0 atom stereocenters. The van der Waals surface area contributed by atoms with E-state index in [1.165, 1.54) is 0 Å². The number of unbranched alkanes of at least 4 members (excludes halogenated alkanes) is 5. The molecule has 0 spiro atoms. The molecule has 0 fully saturated rings. The van der Waals surface area contributed by atoms with E-state index in [4.69, 9.17) is 4.55 Å². The standard InChI is InChI=1S/C10H17F6NO3S/c11-9(12,13)17(10(14,15)16)7-5-3-1-2-4-6-8-21(18,19)20/h1-8H2,(H,18,19,20). The van der Waals surface area contributed by atoms with Crippen LogP contribution in [-0.2, 0) is 10.1 Å². The van der Waals surface area contributed by atoms with Gasteiger partial charge in [0.15, 0.2) is 0 Å². The Morgan fingerprint density at radius 3 is 1.52 bits per heavy atom. The van der Waals surface area contributed by atoms with Crippen molar-refractivity contribution in [3.8, 4) is 0 Å². The molecule has 0 aliphatic heterocycles. The maximum absolute atomic E-state index is 12.1. The number of alkyl halides is 6. The Labute approximate surface area is 118 Å². The summed E-state index contributed by atoms with van der Waals surface area (Å²) in [7, 11) is -4.02. The maximum atomic E-state index is 12.1. The van der Waals surface area contributed by atoms with E-state index in [2.05, 4.69) is 0 Å². The molecule has 128 valence electrons. The van der Waals surface area contributed by atoms with Gasteiger partial charge in [-0.3, -0.25) is 4.55 Å². The highest BCUT2D eigenvalue weighted by molar-refractivity contribution is 7.85. The summed E-state index contributed by atoms with van der Waals surface area (Å²) in [6.07, 6.45) is -9.48. The van der Waals surface area contributed by atoms with Crippen LogP contribution in [0.25, 0.3) is 0 Å². The summed E-state index contributed by atoms with van der Waals surface area (Å²) in [6, 6.07) is 0. The molecule has 0 saturated carbocycles. The summed E-state index contributed by atoms with van der Waals surface area (Å²) in [6.45, 7) is -1.15. The van der Waals surface area contributed by atoms with Crippen molar-refractivity contribution in [3.05, 3.63) is 0 Å². The molecule has 0 aromatic carbocycles. The molecule has 0 amide bonds. The molecule has 0 unspecified atom stereocenters. The van der Waals surface area contributed by atoms with Gasteiger partial charge in [-0.15, -0.1) is 4.90 Å². The molecule has 0 aromatic rings. The Kier molecular flexibility index (Phi) is 7.97.